The molecule has 39 heavy (non-hydrogen) atoms. The molecule has 3 aromatic rings. The van der Waals surface area contributed by atoms with Gasteiger partial charge in [-0.1, -0.05) is 59.4 Å². The number of nitrogens with one attached hydrogen (secondary N) is 1. The van der Waals surface area contributed by atoms with E-state index in [1.54, 1.807) is 0 Å². The molecule has 1 aliphatic rings. The van der Waals surface area contributed by atoms with Gasteiger partial charge in [-0.15, -0.1) is 0 Å². The van der Waals surface area contributed by atoms with Crippen LogP contribution >= 0.6 is 0 Å². The van der Waals surface area contributed by atoms with Crippen molar-refractivity contribution in [1.82, 2.24) is 9.88 Å². The summed E-state index contributed by atoms with van der Waals surface area (Å²) in [5.41, 5.74) is 9.28. The largest absolute Gasteiger partial charge is 0.341 e. The van der Waals surface area contributed by atoms with E-state index in [1.807, 2.05) is 0 Å². The summed E-state index contributed by atoms with van der Waals surface area (Å²) in [7, 11) is 0. The van der Waals surface area contributed by atoms with Gasteiger partial charge >= 0.3 is 0 Å². The molecule has 4 heteroatoms. The molecule has 1 aliphatic carbocycles. The van der Waals surface area contributed by atoms with Gasteiger partial charge in [-0.3, -0.25) is 0 Å². The van der Waals surface area contributed by atoms with Crippen LogP contribution in [0, 0.1) is 17.3 Å². The van der Waals surface area contributed by atoms with Crippen molar-refractivity contribution in [2.45, 2.75) is 114 Å². The summed E-state index contributed by atoms with van der Waals surface area (Å²) in [5, 5.41) is 6.38. The Balaban J connectivity index is 0.000000327. The second-order valence-electron chi connectivity index (χ2n) is 13.2. The Bertz CT molecular complexity index is 1070. The van der Waals surface area contributed by atoms with Crippen LogP contribution in [0.5, 0.6) is 0 Å². The molecule has 0 unspecified atom stereocenters. The molecule has 0 spiro atoms. The van der Waals surface area contributed by atoms with Crippen molar-refractivity contribution in [3.8, 4) is 0 Å². The number of nitrogens with two attached hydrogens (primary N) is 1. The number of hydrogen-bond acceptors (Lipinski definition) is 2. The maximum Gasteiger partial charge on any atom is 0.102 e. The second kappa shape index (κ2) is 16.4. The Hall–Kier alpha value is -1.91. The number of fused-ring (bicyclic) bond motifs is 3. The standard InChI is InChI=1S/C16H17N.C14H30N2.C4H9F.CH4/c1-3-12-9-10-16-14(11-12)13-7-5-6-8-15(13)17(16)4-2;1-14(2,3)8-9-16-11-13-6-4-12(10-15)5-7-13;1-4(2,3)5;/h5-11H,3-4H2,1-2H3;12-13,16H,4-11,15H2,1-3H3;1-3H3;1H4. The van der Waals surface area contributed by atoms with Crippen molar-refractivity contribution in [3.05, 3.63) is 48.0 Å². The Morgan fingerprint density at radius 3 is 1.97 bits per heavy atom. The van der Waals surface area contributed by atoms with Gasteiger partial charge in [0.15, 0.2) is 0 Å². The van der Waals surface area contributed by atoms with E-state index in [2.05, 4.69) is 87.0 Å². The third-order valence-electron chi connectivity index (χ3n) is 7.35. The summed E-state index contributed by atoms with van der Waals surface area (Å²) in [6.07, 6.45) is 7.83. The lowest BCUT2D eigenvalue weighted by Crippen LogP contribution is -2.30. The van der Waals surface area contributed by atoms with Crippen LogP contribution in [-0.4, -0.2) is 29.9 Å². The zero-order valence-corrected chi connectivity index (χ0v) is 25.7. The van der Waals surface area contributed by atoms with Gasteiger partial charge in [-0.25, -0.2) is 4.39 Å². The number of rotatable bonds is 7. The molecule has 1 aromatic heterocycles. The Kier molecular flexibility index (Phi) is 14.7. The normalized spacial score (nSPS) is 17.6. The monoisotopic (exact) mass is 541 g/mol. The van der Waals surface area contributed by atoms with Crippen LogP contribution in [0.15, 0.2) is 42.5 Å². The molecule has 1 saturated carbocycles. The van der Waals surface area contributed by atoms with E-state index >= 15 is 0 Å². The molecule has 4 rings (SSSR count). The van der Waals surface area contributed by atoms with Crippen LogP contribution in [0.1, 0.15) is 100 Å². The lowest BCUT2D eigenvalue weighted by molar-refractivity contribution is 0.246. The first kappa shape index (κ1) is 35.1. The second-order valence-corrected chi connectivity index (χ2v) is 13.2. The molecule has 1 heterocycles. The number of benzene rings is 2. The van der Waals surface area contributed by atoms with Crippen molar-refractivity contribution in [3.63, 3.8) is 0 Å². The number of para-hydroxylation sites is 1. The summed E-state index contributed by atoms with van der Waals surface area (Å²) in [4.78, 5) is 0. The summed E-state index contributed by atoms with van der Waals surface area (Å²) in [6, 6.07) is 15.5. The van der Waals surface area contributed by atoms with Crippen LogP contribution in [0.25, 0.3) is 21.8 Å². The predicted molar refractivity (Wildman–Crippen MR) is 174 cm³/mol. The van der Waals surface area contributed by atoms with Crippen molar-refractivity contribution in [2.75, 3.05) is 19.6 Å². The first-order valence-electron chi connectivity index (χ1n) is 15.0. The molecule has 0 saturated heterocycles. The number of hydrogen-bond donors (Lipinski definition) is 2. The van der Waals surface area contributed by atoms with Crippen LogP contribution in [0.2, 0.25) is 0 Å². The summed E-state index contributed by atoms with van der Waals surface area (Å²) < 4.78 is 14.1. The van der Waals surface area contributed by atoms with Gasteiger partial charge in [-0.05, 0) is 127 Å². The number of aromatic nitrogens is 1. The molecule has 0 aliphatic heterocycles. The summed E-state index contributed by atoms with van der Waals surface area (Å²) in [6.45, 7) is 20.2. The molecule has 3 nitrogen and oxygen atoms in total. The van der Waals surface area contributed by atoms with Gasteiger partial charge in [0, 0.05) is 28.4 Å². The molecule has 0 amide bonds. The molecule has 1 fully saturated rings. The summed E-state index contributed by atoms with van der Waals surface area (Å²) >= 11 is 0. The van der Waals surface area contributed by atoms with Crippen LogP contribution < -0.4 is 11.1 Å². The fraction of sp³-hybridized carbons (Fsp3) is 0.657. The minimum atomic E-state index is -1.00. The minimum absolute atomic E-state index is 0. The molecular weight excluding hydrogens is 481 g/mol. The Labute approximate surface area is 240 Å². The first-order chi connectivity index (χ1) is 17.9. The van der Waals surface area contributed by atoms with Gasteiger partial charge in [0.2, 0.25) is 0 Å². The third kappa shape index (κ3) is 12.4. The Morgan fingerprint density at radius 2 is 1.44 bits per heavy atom. The molecule has 2 aromatic carbocycles. The quantitative estimate of drug-likeness (QED) is 0.292. The minimum Gasteiger partial charge on any atom is -0.341 e. The highest BCUT2D eigenvalue weighted by atomic mass is 19.1. The van der Waals surface area contributed by atoms with E-state index in [1.165, 1.54) is 93.3 Å². The lowest BCUT2D eigenvalue weighted by Gasteiger charge is -2.28. The Morgan fingerprint density at radius 1 is 0.872 bits per heavy atom. The molecular formula is C35H60FN3. The van der Waals surface area contributed by atoms with Gasteiger partial charge in [0.05, 0.1) is 0 Å². The smallest absolute Gasteiger partial charge is 0.102 e. The molecule has 3 N–H and O–H groups in total. The van der Waals surface area contributed by atoms with E-state index in [9.17, 15) is 4.39 Å². The van der Waals surface area contributed by atoms with Crippen molar-refractivity contribution < 1.29 is 4.39 Å². The number of halogens is 1. The zero-order chi connectivity index (χ0) is 28.3. The van der Waals surface area contributed by atoms with Gasteiger partial charge in [0.1, 0.15) is 5.67 Å². The molecule has 0 bridgehead atoms. The fourth-order valence-electron chi connectivity index (χ4n) is 5.10. The first-order valence-corrected chi connectivity index (χ1v) is 15.0. The van der Waals surface area contributed by atoms with E-state index in [-0.39, 0.29) is 7.43 Å². The maximum atomic E-state index is 11.7. The van der Waals surface area contributed by atoms with E-state index in [0.29, 0.717) is 5.41 Å². The van der Waals surface area contributed by atoms with Crippen molar-refractivity contribution in [1.29, 1.82) is 0 Å². The SMILES string of the molecule is C.CC(C)(C)CCNCC1CCC(CN)CC1.CC(C)(C)F.CCc1ccc2c(c1)c1ccccc1n2CC. The highest BCUT2D eigenvalue weighted by Gasteiger charge is 2.20. The molecule has 222 valence electrons. The van der Waals surface area contributed by atoms with Crippen molar-refractivity contribution in [2.24, 2.45) is 23.0 Å². The highest BCUT2D eigenvalue weighted by molar-refractivity contribution is 6.08. The molecule has 0 atom stereocenters. The summed E-state index contributed by atoms with van der Waals surface area (Å²) in [5.74, 6) is 1.72. The van der Waals surface area contributed by atoms with Gasteiger partial charge in [-0.2, -0.15) is 0 Å². The van der Waals surface area contributed by atoms with Crippen LogP contribution in [0.4, 0.5) is 4.39 Å². The van der Waals surface area contributed by atoms with E-state index in [0.717, 1.165) is 31.3 Å². The topological polar surface area (TPSA) is 43.0 Å². The molecule has 0 radical (unpaired) electrons. The van der Waals surface area contributed by atoms with Crippen LogP contribution in [0.3, 0.4) is 0 Å². The average molecular weight is 542 g/mol. The highest BCUT2D eigenvalue weighted by Crippen LogP contribution is 2.30. The predicted octanol–water partition coefficient (Wildman–Crippen LogP) is 9.54. The van der Waals surface area contributed by atoms with Gasteiger partial charge < -0.3 is 15.6 Å². The van der Waals surface area contributed by atoms with Crippen molar-refractivity contribution >= 4 is 21.8 Å². The third-order valence-corrected chi connectivity index (χ3v) is 7.35. The maximum absolute atomic E-state index is 11.7. The zero-order valence-electron chi connectivity index (χ0n) is 25.7. The number of alkyl halides is 1. The van der Waals surface area contributed by atoms with Crippen LogP contribution in [-0.2, 0) is 13.0 Å². The van der Waals surface area contributed by atoms with Gasteiger partial charge in [0.25, 0.3) is 0 Å². The van der Waals surface area contributed by atoms with E-state index < -0.39 is 5.67 Å². The van der Waals surface area contributed by atoms with E-state index in [4.69, 9.17) is 5.73 Å². The fourth-order valence-corrected chi connectivity index (χ4v) is 5.10. The lowest BCUT2D eigenvalue weighted by atomic mass is 9.82. The number of nitrogens with zero attached hydrogens (tertiary/aromatic N) is 1. The number of aryl methyl sites for hydroxylation is 2. The average Bonchev–Trinajstić information content (AvgIpc) is 3.18.